The Hall–Kier alpha value is -2.38. The second kappa shape index (κ2) is 10.4. The van der Waals surface area contributed by atoms with Crippen molar-refractivity contribution in [1.29, 1.82) is 0 Å². The van der Waals surface area contributed by atoms with Crippen molar-refractivity contribution < 1.29 is 22.3 Å². The van der Waals surface area contributed by atoms with Crippen LogP contribution in [-0.4, -0.2) is 60.5 Å². The second-order valence-corrected chi connectivity index (χ2v) is 11.4. The minimum absolute atomic E-state index is 0.0422. The molecule has 0 radical (unpaired) electrons. The molecule has 1 fully saturated rings. The van der Waals surface area contributed by atoms with Crippen molar-refractivity contribution in [2.45, 2.75) is 70.3 Å². The molecule has 2 aromatic carbocycles. The van der Waals surface area contributed by atoms with E-state index in [1.807, 2.05) is 24.0 Å². The molecule has 2 heterocycles. The van der Waals surface area contributed by atoms with Gasteiger partial charge in [-0.05, 0) is 68.7 Å². The van der Waals surface area contributed by atoms with Gasteiger partial charge in [-0.15, -0.1) is 0 Å². The van der Waals surface area contributed by atoms with Crippen LogP contribution in [-0.2, 0) is 6.42 Å². The maximum absolute atomic E-state index is 15.8. The molecule has 5 rings (SSSR count). The Balaban J connectivity index is 1.47. The number of hydrogen-bond acceptors (Lipinski definition) is 3. The van der Waals surface area contributed by atoms with Crippen molar-refractivity contribution >= 4 is 5.57 Å². The van der Waals surface area contributed by atoms with Gasteiger partial charge in [-0.25, -0.2) is 13.2 Å². The summed E-state index contributed by atoms with van der Waals surface area (Å²) >= 11 is 0. The first-order valence-corrected chi connectivity index (χ1v) is 13.3. The lowest BCUT2D eigenvalue weighted by Gasteiger charge is -2.44. The van der Waals surface area contributed by atoms with E-state index in [4.69, 9.17) is 4.74 Å². The highest BCUT2D eigenvalue weighted by Crippen LogP contribution is 2.50. The van der Waals surface area contributed by atoms with Gasteiger partial charge in [0, 0.05) is 49.9 Å². The molecule has 3 unspecified atom stereocenters. The fourth-order valence-electron chi connectivity index (χ4n) is 6.31. The first kappa shape index (κ1) is 26.2. The Labute approximate surface area is 217 Å². The van der Waals surface area contributed by atoms with Gasteiger partial charge in [0.1, 0.15) is 29.2 Å². The molecule has 1 saturated heterocycles. The molecule has 2 aliphatic heterocycles. The Morgan fingerprint density at radius 2 is 1.84 bits per heavy atom. The van der Waals surface area contributed by atoms with Crippen LogP contribution in [0.25, 0.3) is 5.57 Å². The highest BCUT2D eigenvalue weighted by Gasteiger charge is 2.43. The molecule has 1 aliphatic carbocycles. The van der Waals surface area contributed by atoms with Crippen LogP contribution in [0.5, 0.6) is 5.75 Å². The maximum atomic E-state index is 15.8. The molecule has 2 aromatic rings. The van der Waals surface area contributed by atoms with Crippen LogP contribution in [0.3, 0.4) is 0 Å². The van der Waals surface area contributed by atoms with E-state index in [2.05, 4.69) is 17.0 Å². The minimum atomic E-state index is -1.53. The van der Waals surface area contributed by atoms with E-state index >= 15 is 8.78 Å². The van der Waals surface area contributed by atoms with E-state index in [0.29, 0.717) is 32.4 Å². The van der Waals surface area contributed by atoms with Crippen LogP contribution < -0.4 is 4.74 Å². The van der Waals surface area contributed by atoms with Gasteiger partial charge in [-0.3, -0.25) is 14.2 Å². The summed E-state index contributed by atoms with van der Waals surface area (Å²) in [6.07, 6.45) is 2.31. The van der Waals surface area contributed by atoms with Gasteiger partial charge in [-0.2, -0.15) is 0 Å². The van der Waals surface area contributed by atoms with E-state index in [9.17, 15) is 8.78 Å². The predicted molar refractivity (Wildman–Crippen MR) is 138 cm³/mol. The number of halogens is 4. The Bertz CT molecular complexity index is 1150. The molecular weight excluding hydrogens is 480 g/mol. The summed E-state index contributed by atoms with van der Waals surface area (Å²) < 4.78 is 65.0. The smallest absolute Gasteiger partial charge is 0.134 e. The second-order valence-electron chi connectivity index (χ2n) is 11.4. The molecule has 3 aliphatic rings. The third-order valence-corrected chi connectivity index (χ3v) is 7.86. The van der Waals surface area contributed by atoms with Gasteiger partial charge in [0.2, 0.25) is 0 Å². The van der Waals surface area contributed by atoms with Crippen LogP contribution >= 0.6 is 0 Å². The lowest BCUT2D eigenvalue weighted by molar-refractivity contribution is 0.0676. The molecule has 37 heavy (non-hydrogen) atoms. The van der Waals surface area contributed by atoms with Crippen molar-refractivity contribution in [1.82, 2.24) is 9.80 Å². The van der Waals surface area contributed by atoms with Crippen LogP contribution in [0.1, 0.15) is 62.8 Å². The highest BCUT2D eigenvalue weighted by atomic mass is 19.1. The minimum Gasteiger partial charge on any atom is -0.489 e. The molecule has 0 saturated carbocycles. The van der Waals surface area contributed by atoms with Crippen LogP contribution in [0.2, 0.25) is 0 Å². The average molecular weight is 517 g/mol. The summed E-state index contributed by atoms with van der Waals surface area (Å²) in [4.78, 5) is 4.03. The number of alkyl halides is 2. The Kier molecular flexibility index (Phi) is 7.38. The summed E-state index contributed by atoms with van der Waals surface area (Å²) in [7, 11) is 0. The maximum Gasteiger partial charge on any atom is 0.134 e. The molecule has 7 heteroatoms. The van der Waals surface area contributed by atoms with Gasteiger partial charge < -0.3 is 4.74 Å². The van der Waals surface area contributed by atoms with E-state index < -0.39 is 23.3 Å². The predicted octanol–water partition coefficient (Wildman–Crippen LogP) is 6.67. The van der Waals surface area contributed by atoms with Gasteiger partial charge in [-0.1, -0.05) is 24.3 Å². The summed E-state index contributed by atoms with van der Waals surface area (Å²) in [6.45, 7) is 6.76. The average Bonchev–Trinajstić information content (AvgIpc) is 3.42. The first-order valence-electron chi connectivity index (χ1n) is 13.3. The molecule has 200 valence electrons. The molecule has 0 spiro atoms. The Morgan fingerprint density at radius 1 is 1.11 bits per heavy atom. The standard InChI is InChI=1S/C30H36F4N2O/c1-19-13-24-23-8-5-4-7-20(23)14-25(24)29(36(19)18-30(2,3)34)28-26(32)15-22(16-27(28)33)37-21-9-12-35(17-21)11-6-10-31/h4-5,7-8,15-16,19,21,29H,6,9-14,17-18H2,1-3H3. The van der Waals surface area contributed by atoms with Crippen molar-refractivity contribution in [3.63, 3.8) is 0 Å². The van der Waals surface area contributed by atoms with Gasteiger partial charge in [0.05, 0.1) is 12.7 Å². The number of nitrogens with zero attached hydrogens (tertiary/aromatic N) is 2. The summed E-state index contributed by atoms with van der Waals surface area (Å²) in [5.74, 6) is -1.20. The van der Waals surface area contributed by atoms with Crippen molar-refractivity contribution in [2.75, 3.05) is 32.9 Å². The molecule has 0 N–H and O–H groups in total. The number of benzene rings is 2. The zero-order valence-electron chi connectivity index (χ0n) is 21.9. The lowest BCUT2D eigenvalue weighted by atomic mass is 9.84. The molecule has 3 nitrogen and oxygen atoms in total. The topological polar surface area (TPSA) is 15.7 Å². The molecule has 0 aromatic heterocycles. The molecular formula is C30H36F4N2O. The number of hydrogen-bond donors (Lipinski definition) is 0. The van der Waals surface area contributed by atoms with Crippen LogP contribution in [0, 0.1) is 11.6 Å². The van der Waals surface area contributed by atoms with Crippen molar-refractivity contribution in [2.24, 2.45) is 0 Å². The first-order chi connectivity index (χ1) is 17.6. The third-order valence-electron chi connectivity index (χ3n) is 7.86. The SMILES string of the molecule is CC1CC2=C(Cc3ccccc32)C(c2c(F)cc(OC3CCN(CCCF)C3)cc2F)N1CC(C)(C)F. The lowest BCUT2D eigenvalue weighted by Crippen LogP contribution is -2.47. The van der Waals surface area contributed by atoms with Gasteiger partial charge in [0.25, 0.3) is 0 Å². The van der Waals surface area contributed by atoms with E-state index in [1.165, 1.54) is 26.0 Å². The molecule has 3 atom stereocenters. The number of fused-ring (bicyclic) bond motifs is 2. The van der Waals surface area contributed by atoms with Crippen molar-refractivity contribution in [3.05, 3.63) is 70.3 Å². The summed E-state index contributed by atoms with van der Waals surface area (Å²) in [5.41, 5.74) is 2.79. The fraction of sp³-hybridized carbons (Fsp3) is 0.533. The fourth-order valence-corrected chi connectivity index (χ4v) is 6.31. The number of ether oxygens (including phenoxy) is 1. The van der Waals surface area contributed by atoms with Crippen LogP contribution in [0.15, 0.2) is 42.0 Å². The molecule has 0 bridgehead atoms. The monoisotopic (exact) mass is 516 g/mol. The normalized spacial score (nSPS) is 24.5. The number of likely N-dealkylation sites (tertiary alicyclic amines) is 1. The number of rotatable bonds is 8. The zero-order chi connectivity index (χ0) is 26.3. The van der Waals surface area contributed by atoms with Gasteiger partial charge >= 0.3 is 0 Å². The zero-order valence-corrected chi connectivity index (χ0v) is 21.9. The van der Waals surface area contributed by atoms with E-state index in [1.54, 1.807) is 0 Å². The van der Waals surface area contributed by atoms with Gasteiger partial charge in [0.15, 0.2) is 0 Å². The summed E-state index contributed by atoms with van der Waals surface area (Å²) in [5, 5.41) is 0. The van der Waals surface area contributed by atoms with E-state index in [0.717, 1.165) is 35.2 Å². The van der Waals surface area contributed by atoms with Crippen molar-refractivity contribution in [3.8, 4) is 5.75 Å². The third kappa shape index (κ3) is 5.44. The Morgan fingerprint density at radius 3 is 2.54 bits per heavy atom. The molecule has 0 amide bonds. The van der Waals surface area contributed by atoms with E-state index in [-0.39, 0.29) is 36.7 Å². The highest BCUT2D eigenvalue weighted by molar-refractivity contribution is 5.79. The largest absolute Gasteiger partial charge is 0.489 e. The summed E-state index contributed by atoms with van der Waals surface area (Å²) in [6, 6.07) is 9.84. The quantitative estimate of drug-likeness (QED) is 0.365. The van der Waals surface area contributed by atoms with Crippen LogP contribution in [0.4, 0.5) is 17.6 Å².